The zero-order valence-corrected chi connectivity index (χ0v) is 15.5. The molecule has 0 bridgehead atoms. The highest BCUT2D eigenvalue weighted by atomic mass is 16.5. The maximum Gasteiger partial charge on any atom is 0.329 e. The smallest absolute Gasteiger partial charge is 0.329 e. The first kappa shape index (κ1) is 18.7. The summed E-state index contributed by atoms with van der Waals surface area (Å²) in [6, 6.07) is 7.52. The minimum Gasteiger partial charge on any atom is -0.491 e. The maximum atomic E-state index is 12.3. The van der Waals surface area contributed by atoms with Crippen molar-refractivity contribution in [2.24, 2.45) is 7.05 Å². The fourth-order valence-corrected chi connectivity index (χ4v) is 2.80. The summed E-state index contributed by atoms with van der Waals surface area (Å²) in [4.78, 5) is 30.7. The van der Waals surface area contributed by atoms with Crippen molar-refractivity contribution in [3.63, 3.8) is 0 Å². The third kappa shape index (κ3) is 3.87. The molecule has 1 atom stereocenters. The molecule has 3 N–H and O–H groups in total. The van der Waals surface area contributed by atoms with Crippen LogP contribution in [0.4, 0.5) is 5.95 Å². The van der Waals surface area contributed by atoms with Gasteiger partial charge in [0.2, 0.25) is 5.95 Å². The molecule has 27 heavy (non-hydrogen) atoms. The van der Waals surface area contributed by atoms with Crippen molar-refractivity contribution < 1.29 is 9.84 Å². The predicted molar refractivity (Wildman–Crippen MR) is 102 cm³/mol. The SMILES string of the molecule is CCNc1nc2c(c(=O)[nH]c(=O)n2C)n1C[C@H](O)COc1ccc(C)cc1. The molecule has 0 aliphatic rings. The lowest BCUT2D eigenvalue weighted by atomic mass is 10.2. The van der Waals surface area contributed by atoms with Gasteiger partial charge in [0.05, 0.1) is 6.54 Å². The second-order valence-corrected chi connectivity index (χ2v) is 6.34. The Labute approximate surface area is 155 Å². The third-order valence-corrected chi connectivity index (χ3v) is 4.20. The Morgan fingerprint density at radius 2 is 2.00 bits per heavy atom. The number of aryl methyl sites for hydroxylation is 2. The fourth-order valence-electron chi connectivity index (χ4n) is 2.80. The van der Waals surface area contributed by atoms with Crippen LogP contribution in [0.1, 0.15) is 12.5 Å². The van der Waals surface area contributed by atoms with E-state index < -0.39 is 17.4 Å². The number of anilines is 1. The molecule has 0 fully saturated rings. The van der Waals surface area contributed by atoms with Crippen molar-refractivity contribution in [1.29, 1.82) is 0 Å². The molecular weight excluding hydrogens is 350 g/mol. The number of ether oxygens (including phenoxy) is 1. The molecule has 144 valence electrons. The lowest BCUT2D eigenvalue weighted by Gasteiger charge is -2.15. The van der Waals surface area contributed by atoms with E-state index >= 15 is 0 Å². The van der Waals surface area contributed by atoms with E-state index in [1.54, 1.807) is 4.57 Å². The molecule has 0 saturated heterocycles. The molecular formula is C18H23N5O4. The quantitative estimate of drug-likeness (QED) is 0.559. The van der Waals surface area contributed by atoms with Gasteiger partial charge in [0.1, 0.15) is 18.5 Å². The van der Waals surface area contributed by atoms with Crippen molar-refractivity contribution in [3.8, 4) is 5.75 Å². The summed E-state index contributed by atoms with van der Waals surface area (Å²) < 4.78 is 8.45. The summed E-state index contributed by atoms with van der Waals surface area (Å²) in [5, 5.41) is 13.5. The lowest BCUT2D eigenvalue weighted by molar-refractivity contribution is 0.0938. The Morgan fingerprint density at radius 3 is 2.67 bits per heavy atom. The first-order chi connectivity index (χ1) is 12.9. The third-order valence-electron chi connectivity index (χ3n) is 4.20. The molecule has 3 aromatic rings. The topological polar surface area (TPSA) is 114 Å². The molecule has 0 unspecified atom stereocenters. The summed E-state index contributed by atoms with van der Waals surface area (Å²) in [6.45, 7) is 4.59. The molecule has 9 nitrogen and oxygen atoms in total. The number of aromatic amines is 1. The normalized spacial score (nSPS) is 12.3. The summed E-state index contributed by atoms with van der Waals surface area (Å²) in [5.74, 6) is 1.07. The van der Waals surface area contributed by atoms with Crippen LogP contribution in [-0.2, 0) is 13.6 Å². The van der Waals surface area contributed by atoms with E-state index in [2.05, 4.69) is 15.3 Å². The van der Waals surface area contributed by atoms with Crippen molar-refractivity contribution >= 4 is 17.1 Å². The summed E-state index contributed by atoms with van der Waals surface area (Å²) in [7, 11) is 1.53. The molecule has 0 amide bonds. The second-order valence-electron chi connectivity index (χ2n) is 6.34. The van der Waals surface area contributed by atoms with Crippen LogP contribution < -0.4 is 21.3 Å². The zero-order chi connectivity index (χ0) is 19.6. The van der Waals surface area contributed by atoms with E-state index in [1.807, 2.05) is 38.1 Å². The Hall–Kier alpha value is -3.07. The predicted octanol–water partition coefficient (Wildman–Crippen LogP) is 0.603. The van der Waals surface area contributed by atoms with Gasteiger partial charge in [0, 0.05) is 13.6 Å². The molecule has 3 rings (SSSR count). The molecule has 2 aromatic heterocycles. The van der Waals surface area contributed by atoms with Crippen molar-refractivity contribution in [3.05, 3.63) is 50.7 Å². The number of aliphatic hydroxyl groups is 1. The second kappa shape index (κ2) is 7.67. The van der Waals surface area contributed by atoms with E-state index in [9.17, 15) is 14.7 Å². The Kier molecular flexibility index (Phi) is 5.31. The first-order valence-corrected chi connectivity index (χ1v) is 8.71. The van der Waals surface area contributed by atoms with E-state index in [0.717, 1.165) is 5.56 Å². The number of rotatable bonds is 7. The highest BCUT2D eigenvalue weighted by Crippen LogP contribution is 2.17. The largest absolute Gasteiger partial charge is 0.491 e. The highest BCUT2D eigenvalue weighted by molar-refractivity contribution is 5.74. The average molecular weight is 373 g/mol. The Morgan fingerprint density at radius 1 is 1.30 bits per heavy atom. The van der Waals surface area contributed by atoms with Crippen molar-refractivity contribution in [2.75, 3.05) is 18.5 Å². The number of fused-ring (bicyclic) bond motifs is 1. The number of hydrogen-bond donors (Lipinski definition) is 3. The lowest BCUT2D eigenvalue weighted by Crippen LogP contribution is -2.31. The van der Waals surface area contributed by atoms with E-state index in [4.69, 9.17) is 4.74 Å². The zero-order valence-electron chi connectivity index (χ0n) is 15.5. The molecule has 2 heterocycles. The van der Waals surface area contributed by atoms with Crippen LogP contribution in [0, 0.1) is 6.92 Å². The van der Waals surface area contributed by atoms with Crippen molar-refractivity contribution in [1.82, 2.24) is 19.1 Å². The summed E-state index contributed by atoms with van der Waals surface area (Å²) in [6.07, 6.45) is -0.877. The number of nitrogens with zero attached hydrogens (tertiary/aromatic N) is 3. The number of imidazole rings is 1. The van der Waals surface area contributed by atoms with Gasteiger partial charge in [-0.1, -0.05) is 17.7 Å². The van der Waals surface area contributed by atoms with Crippen LogP contribution in [-0.4, -0.2) is 43.5 Å². The maximum absolute atomic E-state index is 12.3. The van der Waals surface area contributed by atoms with Gasteiger partial charge in [-0.05, 0) is 26.0 Å². The van der Waals surface area contributed by atoms with Crippen LogP contribution in [0.25, 0.3) is 11.2 Å². The summed E-state index contributed by atoms with van der Waals surface area (Å²) >= 11 is 0. The molecule has 0 aliphatic carbocycles. The van der Waals surface area contributed by atoms with Crippen LogP contribution in [0.15, 0.2) is 33.9 Å². The molecule has 9 heteroatoms. The van der Waals surface area contributed by atoms with Gasteiger partial charge in [-0.25, -0.2) is 4.79 Å². The average Bonchev–Trinajstić information content (AvgIpc) is 2.98. The van der Waals surface area contributed by atoms with E-state index in [1.165, 1.54) is 11.6 Å². The number of nitrogens with one attached hydrogen (secondary N) is 2. The van der Waals surface area contributed by atoms with Gasteiger partial charge in [0.15, 0.2) is 11.2 Å². The fraction of sp³-hybridized carbons (Fsp3) is 0.389. The van der Waals surface area contributed by atoms with Gasteiger partial charge < -0.3 is 19.7 Å². The standard InChI is InChI=1S/C18H23N5O4/c1-4-19-17-20-15-14(16(25)21-18(26)22(15)3)23(17)9-12(24)10-27-13-7-5-11(2)6-8-13/h5-8,12,24H,4,9-10H2,1-3H3,(H,19,20)(H,21,25,26)/t12-/m0/s1. The van der Waals surface area contributed by atoms with Gasteiger partial charge in [-0.3, -0.25) is 14.3 Å². The highest BCUT2D eigenvalue weighted by Gasteiger charge is 2.19. The Balaban J connectivity index is 1.87. The number of H-pyrrole nitrogens is 1. The monoisotopic (exact) mass is 373 g/mol. The number of aromatic nitrogens is 4. The number of aliphatic hydroxyl groups excluding tert-OH is 1. The van der Waals surface area contributed by atoms with E-state index in [-0.39, 0.29) is 24.3 Å². The van der Waals surface area contributed by atoms with Crippen LogP contribution >= 0.6 is 0 Å². The van der Waals surface area contributed by atoms with Crippen molar-refractivity contribution in [2.45, 2.75) is 26.5 Å². The van der Waals surface area contributed by atoms with Gasteiger partial charge in [0.25, 0.3) is 5.56 Å². The van der Waals surface area contributed by atoms with Gasteiger partial charge in [-0.2, -0.15) is 4.98 Å². The molecule has 0 radical (unpaired) electrons. The van der Waals surface area contributed by atoms with Crippen LogP contribution in [0.5, 0.6) is 5.75 Å². The van der Waals surface area contributed by atoms with Gasteiger partial charge in [-0.15, -0.1) is 0 Å². The van der Waals surface area contributed by atoms with Gasteiger partial charge >= 0.3 is 5.69 Å². The number of hydrogen-bond acceptors (Lipinski definition) is 6. The minimum absolute atomic E-state index is 0.0535. The molecule has 0 aliphatic heterocycles. The molecule has 0 spiro atoms. The number of benzene rings is 1. The first-order valence-electron chi connectivity index (χ1n) is 8.71. The minimum atomic E-state index is -0.877. The Bertz CT molecular complexity index is 1050. The van der Waals surface area contributed by atoms with Crippen LogP contribution in [0.3, 0.4) is 0 Å². The van der Waals surface area contributed by atoms with E-state index in [0.29, 0.717) is 18.2 Å². The molecule has 1 aromatic carbocycles. The van der Waals surface area contributed by atoms with Crippen LogP contribution in [0.2, 0.25) is 0 Å². The summed E-state index contributed by atoms with van der Waals surface area (Å²) in [5.41, 5.74) is 0.515. The molecule has 0 saturated carbocycles.